The Bertz CT molecular complexity index is 967. The molecule has 27 heavy (non-hydrogen) atoms. The minimum absolute atomic E-state index is 0.356. The van der Waals surface area contributed by atoms with Crippen LogP contribution >= 0.6 is 0 Å². The zero-order valence-electron chi connectivity index (χ0n) is 14.6. The van der Waals surface area contributed by atoms with E-state index in [1.54, 1.807) is 60.7 Å². The quantitative estimate of drug-likeness (QED) is 0.328. The van der Waals surface area contributed by atoms with Crippen LogP contribution in [-0.2, 0) is 0 Å². The summed E-state index contributed by atoms with van der Waals surface area (Å²) in [4.78, 5) is 28.1. The number of ether oxygens (including phenoxy) is 1. The highest BCUT2D eigenvalue weighted by molar-refractivity contribution is 5.94. The summed E-state index contributed by atoms with van der Waals surface area (Å²) in [5, 5.41) is 3.93. The maximum atomic E-state index is 12.1. The van der Waals surface area contributed by atoms with Gasteiger partial charge in [-0.15, -0.1) is 0 Å². The zero-order valence-corrected chi connectivity index (χ0v) is 14.6. The van der Waals surface area contributed by atoms with Crippen molar-refractivity contribution in [2.45, 2.75) is 6.92 Å². The molecule has 1 amide bonds. The average Bonchev–Trinajstić information content (AvgIpc) is 2.69. The third-order valence-electron chi connectivity index (χ3n) is 3.63. The minimum Gasteiger partial charge on any atom is -0.423 e. The van der Waals surface area contributed by atoms with Crippen molar-refractivity contribution < 1.29 is 14.3 Å². The summed E-state index contributed by atoms with van der Waals surface area (Å²) in [6.07, 6.45) is 2.96. The first-order valence-electron chi connectivity index (χ1n) is 8.25. The summed E-state index contributed by atoms with van der Waals surface area (Å²) >= 11 is 0. The molecule has 1 aromatic heterocycles. The molecular formula is C21H17N3O3. The van der Waals surface area contributed by atoms with Crippen molar-refractivity contribution in [2.75, 3.05) is 0 Å². The molecule has 0 atom stereocenters. The van der Waals surface area contributed by atoms with Gasteiger partial charge in [-0.3, -0.25) is 9.78 Å². The molecule has 0 unspecified atom stereocenters. The van der Waals surface area contributed by atoms with E-state index in [2.05, 4.69) is 15.5 Å². The fraction of sp³-hybridized carbons (Fsp3) is 0.0476. The number of aromatic nitrogens is 1. The predicted molar refractivity (Wildman–Crippen MR) is 102 cm³/mol. The molecule has 0 spiro atoms. The van der Waals surface area contributed by atoms with Crippen LogP contribution in [0, 0.1) is 6.92 Å². The van der Waals surface area contributed by atoms with Gasteiger partial charge in [0.05, 0.1) is 17.3 Å². The summed E-state index contributed by atoms with van der Waals surface area (Å²) in [7, 11) is 0. The molecule has 0 saturated carbocycles. The van der Waals surface area contributed by atoms with Gasteiger partial charge < -0.3 is 4.74 Å². The Morgan fingerprint density at radius 2 is 1.81 bits per heavy atom. The van der Waals surface area contributed by atoms with Crippen LogP contribution in [0.3, 0.4) is 0 Å². The summed E-state index contributed by atoms with van der Waals surface area (Å²) in [6.45, 7) is 1.84. The van der Waals surface area contributed by atoms with Crippen molar-refractivity contribution in [3.8, 4) is 5.75 Å². The zero-order chi connectivity index (χ0) is 19.1. The minimum atomic E-state index is -0.440. The number of carbonyl (C=O) groups is 2. The lowest BCUT2D eigenvalue weighted by Crippen LogP contribution is -2.17. The molecule has 6 nitrogen and oxygen atoms in total. The number of carbonyl (C=O) groups excluding carboxylic acids is 2. The number of pyridine rings is 1. The maximum Gasteiger partial charge on any atom is 0.343 e. The molecule has 0 aliphatic heterocycles. The number of hydrogen-bond donors (Lipinski definition) is 1. The van der Waals surface area contributed by atoms with Gasteiger partial charge in [-0.05, 0) is 48.9 Å². The molecule has 0 aliphatic rings. The SMILES string of the molecule is Cc1ccc(C(=O)N/N=C/c2cccc(OC(=O)c3ccccc3)c2)cn1. The molecule has 0 fully saturated rings. The smallest absolute Gasteiger partial charge is 0.343 e. The maximum absolute atomic E-state index is 12.1. The van der Waals surface area contributed by atoms with Crippen LogP contribution in [0.1, 0.15) is 32.0 Å². The van der Waals surface area contributed by atoms with Crippen LogP contribution in [0.4, 0.5) is 0 Å². The van der Waals surface area contributed by atoms with Crippen LogP contribution in [-0.4, -0.2) is 23.1 Å². The van der Waals surface area contributed by atoms with Crippen LogP contribution in [0.2, 0.25) is 0 Å². The molecule has 0 radical (unpaired) electrons. The normalized spacial score (nSPS) is 10.6. The molecule has 1 N–H and O–H groups in total. The van der Waals surface area contributed by atoms with Crippen LogP contribution in [0.15, 0.2) is 78.0 Å². The molecule has 1 heterocycles. The second-order valence-electron chi connectivity index (χ2n) is 5.72. The van der Waals surface area contributed by atoms with Gasteiger partial charge in [0.25, 0.3) is 5.91 Å². The van der Waals surface area contributed by atoms with Gasteiger partial charge in [0, 0.05) is 11.9 Å². The fourth-order valence-corrected chi connectivity index (χ4v) is 2.23. The van der Waals surface area contributed by atoms with Crippen molar-refractivity contribution in [2.24, 2.45) is 5.10 Å². The first-order valence-corrected chi connectivity index (χ1v) is 8.25. The third kappa shape index (κ3) is 5.09. The number of hydrazone groups is 1. The van der Waals surface area contributed by atoms with Crippen molar-refractivity contribution in [3.05, 3.63) is 95.3 Å². The summed E-state index contributed by atoms with van der Waals surface area (Å²) in [5.74, 6) is -0.405. The standard InChI is InChI=1S/C21H17N3O3/c1-15-10-11-18(14-22-15)20(25)24-23-13-16-6-5-9-19(12-16)27-21(26)17-7-3-2-4-8-17/h2-14H,1H3,(H,24,25)/b23-13+. The Kier molecular flexibility index (Phi) is 5.69. The van der Waals surface area contributed by atoms with Crippen LogP contribution in [0.25, 0.3) is 0 Å². The fourth-order valence-electron chi connectivity index (χ4n) is 2.23. The molecule has 134 valence electrons. The Balaban J connectivity index is 1.61. The first-order chi connectivity index (χ1) is 13.1. The van der Waals surface area contributed by atoms with E-state index in [-0.39, 0.29) is 5.91 Å². The Hall–Kier alpha value is -3.80. The number of nitrogens with zero attached hydrogens (tertiary/aromatic N) is 2. The van der Waals surface area contributed by atoms with Gasteiger partial charge in [0.1, 0.15) is 5.75 Å². The molecule has 2 aromatic carbocycles. The van der Waals surface area contributed by atoms with E-state index < -0.39 is 5.97 Å². The van der Waals surface area contributed by atoms with Gasteiger partial charge in [0.2, 0.25) is 0 Å². The van der Waals surface area contributed by atoms with Crippen LogP contribution < -0.4 is 10.2 Å². The molecular weight excluding hydrogens is 342 g/mol. The summed E-state index contributed by atoms with van der Waals surface area (Å²) < 4.78 is 5.35. The highest BCUT2D eigenvalue weighted by Crippen LogP contribution is 2.14. The number of hydrogen-bond acceptors (Lipinski definition) is 5. The third-order valence-corrected chi connectivity index (χ3v) is 3.63. The lowest BCUT2D eigenvalue weighted by Gasteiger charge is -2.05. The number of aryl methyl sites for hydroxylation is 1. The largest absolute Gasteiger partial charge is 0.423 e. The van der Waals surface area contributed by atoms with E-state index in [4.69, 9.17) is 4.74 Å². The van der Waals surface area contributed by atoms with Gasteiger partial charge in [-0.1, -0.05) is 30.3 Å². The second kappa shape index (κ2) is 8.53. The molecule has 0 bridgehead atoms. The highest BCUT2D eigenvalue weighted by Gasteiger charge is 2.08. The Labute approximate surface area is 156 Å². The van der Waals surface area contributed by atoms with E-state index in [1.807, 2.05) is 13.0 Å². The van der Waals surface area contributed by atoms with Crippen LogP contribution in [0.5, 0.6) is 5.75 Å². The van der Waals surface area contributed by atoms with Gasteiger partial charge in [0.15, 0.2) is 0 Å². The van der Waals surface area contributed by atoms with E-state index in [9.17, 15) is 9.59 Å². The molecule has 3 aromatic rings. The van der Waals surface area contributed by atoms with Gasteiger partial charge >= 0.3 is 5.97 Å². The summed E-state index contributed by atoms with van der Waals surface area (Å²) in [6, 6.07) is 19.0. The van der Waals surface area contributed by atoms with E-state index in [0.717, 1.165) is 5.69 Å². The number of benzene rings is 2. The van der Waals surface area contributed by atoms with E-state index >= 15 is 0 Å². The van der Waals surface area contributed by atoms with Crippen molar-refractivity contribution in [1.29, 1.82) is 0 Å². The summed E-state index contributed by atoms with van der Waals surface area (Å²) in [5.41, 5.74) is 4.83. The van der Waals surface area contributed by atoms with Crippen molar-refractivity contribution in [1.82, 2.24) is 10.4 Å². The number of rotatable bonds is 5. The molecule has 0 aliphatic carbocycles. The second-order valence-corrected chi connectivity index (χ2v) is 5.72. The predicted octanol–water partition coefficient (Wildman–Crippen LogP) is 3.37. The monoisotopic (exact) mass is 359 g/mol. The average molecular weight is 359 g/mol. The molecule has 3 rings (SSSR count). The highest BCUT2D eigenvalue weighted by atomic mass is 16.5. The lowest BCUT2D eigenvalue weighted by atomic mass is 10.2. The van der Waals surface area contributed by atoms with E-state index in [1.165, 1.54) is 12.4 Å². The van der Waals surface area contributed by atoms with Gasteiger partial charge in [-0.2, -0.15) is 5.10 Å². The van der Waals surface area contributed by atoms with Gasteiger partial charge in [-0.25, -0.2) is 10.2 Å². The van der Waals surface area contributed by atoms with E-state index in [0.29, 0.717) is 22.4 Å². The van der Waals surface area contributed by atoms with Crippen molar-refractivity contribution in [3.63, 3.8) is 0 Å². The number of nitrogens with one attached hydrogen (secondary N) is 1. The Morgan fingerprint density at radius 1 is 1.00 bits per heavy atom. The molecule has 0 saturated heterocycles. The topological polar surface area (TPSA) is 80.6 Å². The number of amides is 1. The Morgan fingerprint density at radius 3 is 2.56 bits per heavy atom. The lowest BCUT2D eigenvalue weighted by molar-refractivity contribution is 0.0734. The number of esters is 1. The van der Waals surface area contributed by atoms with Crippen molar-refractivity contribution >= 4 is 18.1 Å². The molecule has 6 heteroatoms. The first kappa shape index (κ1) is 18.0.